The van der Waals surface area contributed by atoms with Crippen LogP contribution < -0.4 is 14.8 Å². The molecule has 0 atom stereocenters. The molecule has 1 aromatic rings. The van der Waals surface area contributed by atoms with Crippen molar-refractivity contribution in [3.05, 3.63) is 23.8 Å². The molecular formula is C14H18F2N2O4. The number of amides is 2. The highest BCUT2D eigenvalue weighted by Crippen LogP contribution is 2.29. The van der Waals surface area contributed by atoms with Crippen molar-refractivity contribution in [1.82, 2.24) is 10.2 Å². The Morgan fingerprint density at radius 2 is 1.95 bits per heavy atom. The average Bonchev–Trinajstić information content (AvgIpc) is 2.45. The van der Waals surface area contributed by atoms with Crippen LogP contribution >= 0.6 is 0 Å². The van der Waals surface area contributed by atoms with Crippen LogP contribution in [0, 0.1) is 0 Å². The quantitative estimate of drug-likeness (QED) is 0.828. The van der Waals surface area contributed by atoms with Crippen LogP contribution in [0.15, 0.2) is 18.2 Å². The maximum absolute atomic E-state index is 12.3. The summed E-state index contributed by atoms with van der Waals surface area (Å²) in [5.41, 5.74) is 0.177. The largest absolute Gasteiger partial charge is 0.490 e. The van der Waals surface area contributed by atoms with Gasteiger partial charge in [-0.05, 0) is 25.1 Å². The molecular weight excluding hydrogens is 298 g/mol. The lowest BCUT2D eigenvalue weighted by Gasteiger charge is -2.13. The molecule has 1 rings (SSSR count). The molecule has 0 bridgehead atoms. The van der Waals surface area contributed by atoms with Gasteiger partial charge in [-0.3, -0.25) is 9.59 Å². The van der Waals surface area contributed by atoms with Crippen molar-refractivity contribution in [3.63, 3.8) is 0 Å². The van der Waals surface area contributed by atoms with Crippen molar-refractivity contribution in [2.45, 2.75) is 13.5 Å². The summed E-state index contributed by atoms with van der Waals surface area (Å²) < 4.78 is 34.1. The van der Waals surface area contributed by atoms with Gasteiger partial charge in [0.1, 0.15) is 0 Å². The van der Waals surface area contributed by atoms with E-state index in [2.05, 4.69) is 10.1 Å². The van der Waals surface area contributed by atoms with Gasteiger partial charge < -0.3 is 19.7 Å². The Bertz CT molecular complexity index is 536. The third-order valence-electron chi connectivity index (χ3n) is 2.62. The highest BCUT2D eigenvalue weighted by molar-refractivity contribution is 5.97. The van der Waals surface area contributed by atoms with Crippen LogP contribution in [-0.4, -0.2) is 50.6 Å². The predicted molar refractivity (Wildman–Crippen MR) is 75.3 cm³/mol. The van der Waals surface area contributed by atoms with E-state index >= 15 is 0 Å². The van der Waals surface area contributed by atoms with E-state index in [-0.39, 0.29) is 36.1 Å². The summed E-state index contributed by atoms with van der Waals surface area (Å²) in [6.07, 6.45) is 0. The summed E-state index contributed by atoms with van der Waals surface area (Å²) in [6.45, 7) is -1.25. The van der Waals surface area contributed by atoms with Crippen molar-refractivity contribution < 1.29 is 27.8 Å². The number of ether oxygens (including phenoxy) is 2. The second kappa shape index (κ2) is 8.16. The molecule has 22 heavy (non-hydrogen) atoms. The number of hydrogen-bond donors (Lipinski definition) is 1. The maximum Gasteiger partial charge on any atom is 0.387 e. The second-order valence-corrected chi connectivity index (χ2v) is 4.44. The minimum absolute atomic E-state index is 0.0365. The lowest BCUT2D eigenvalue weighted by Crippen LogP contribution is -2.36. The Morgan fingerprint density at radius 3 is 2.50 bits per heavy atom. The van der Waals surface area contributed by atoms with Crippen LogP contribution in [0.5, 0.6) is 11.5 Å². The first kappa shape index (κ1) is 17.7. The number of alkyl halides is 2. The average molecular weight is 316 g/mol. The van der Waals surface area contributed by atoms with Gasteiger partial charge in [0.2, 0.25) is 5.91 Å². The summed E-state index contributed by atoms with van der Waals surface area (Å²) >= 11 is 0. The molecule has 0 aliphatic carbocycles. The molecule has 0 unspecified atom stereocenters. The third kappa shape index (κ3) is 5.19. The Balaban J connectivity index is 2.84. The molecule has 0 heterocycles. The van der Waals surface area contributed by atoms with Gasteiger partial charge in [0, 0.05) is 19.7 Å². The van der Waals surface area contributed by atoms with Crippen molar-refractivity contribution in [2.24, 2.45) is 0 Å². The fraction of sp³-hybridized carbons (Fsp3) is 0.429. The molecule has 0 radical (unpaired) electrons. The van der Waals surface area contributed by atoms with E-state index in [1.807, 2.05) is 0 Å². The first-order valence-electron chi connectivity index (χ1n) is 6.55. The van der Waals surface area contributed by atoms with E-state index in [9.17, 15) is 18.4 Å². The molecule has 122 valence electrons. The smallest absolute Gasteiger partial charge is 0.387 e. The Kier molecular flexibility index (Phi) is 6.55. The van der Waals surface area contributed by atoms with E-state index in [0.717, 1.165) is 0 Å². The number of carbonyl (C=O) groups excluding carboxylic acids is 2. The monoisotopic (exact) mass is 316 g/mol. The number of nitrogens with one attached hydrogen (secondary N) is 1. The lowest BCUT2D eigenvalue weighted by atomic mass is 10.2. The fourth-order valence-electron chi connectivity index (χ4n) is 1.53. The number of carbonyl (C=O) groups is 2. The normalized spacial score (nSPS) is 10.3. The molecule has 0 aliphatic rings. The van der Waals surface area contributed by atoms with Crippen molar-refractivity contribution in [2.75, 3.05) is 27.2 Å². The van der Waals surface area contributed by atoms with E-state index in [0.29, 0.717) is 0 Å². The lowest BCUT2D eigenvalue weighted by molar-refractivity contribution is -0.127. The van der Waals surface area contributed by atoms with Gasteiger partial charge in [-0.1, -0.05) is 0 Å². The molecule has 0 saturated carbocycles. The van der Waals surface area contributed by atoms with Crippen LogP contribution in [0.1, 0.15) is 17.3 Å². The van der Waals surface area contributed by atoms with E-state index in [4.69, 9.17) is 4.74 Å². The molecule has 2 amide bonds. The van der Waals surface area contributed by atoms with Gasteiger partial charge in [0.15, 0.2) is 11.5 Å². The summed E-state index contributed by atoms with van der Waals surface area (Å²) in [5.74, 6) is -0.900. The van der Waals surface area contributed by atoms with Crippen molar-refractivity contribution in [3.8, 4) is 11.5 Å². The topological polar surface area (TPSA) is 67.9 Å². The highest BCUT2D eigenvalue weighted by Gasteiger charge is 2.15. The van der Waals surface area contributed by atoms with Gasteiger partial charge in [-0.2, -0.15) is 8.78 Å². The molecule has 0 aromatic heterocycles. The first-order valence-corrected chi connectivity index (χ1v) is 6.55. The van der Waals surface area contributed by atoms with E-state index in [1.54, 1.807) is 21.0 Å². The van der Waals surface area contributed by atoms with Crippen LogP contribution in [0.2, 0.25) is 0 Å². The van der Waals surface area contributed by atoms with Gasteiger partial charge in [0.05, 0.1) is 13.2 Å². The van der Waals surface area contributed by atoms with E-state index < -0.39 is 12.5 Å². The standard InChI is InChI=1S/C14H18F2N2O4/c1-4-21-11-7-9(5-6-10(11)22-14(15)16)13(20)17-8-12(19)18(2)3/h5-7,14H,4,8H2,1-3H3,(H,17,20). The zero-order valence-corrected chi connectivity index (χ0v) is 12.6. The highest BCUT2D eigenvalue weighted by atomic mass is 19.3. The number of rotatable bonds is 7. The SMILES string of the molecule is CCOc1cc(C(=O)NCC(=O)N(C)C)ccc1OC(F)F. The van der Waals surface area contributed by atoms with Crippen molar-refractivity contribution >= 4 is 11.8 Å². The Morgan fingerprint density at radius 1 is 1.27 bits per heavy atom. The fourth-order valence-corrected chi connectivity index (χ4v) is 1.53. The summed E-state index contributed by atoms with van der Waals surface area (Å²) in [6, 6.07) is 3.83. The number of halogens is 2. The number of likely N-dealkylation sites (N-methyl/N-ethyl adjacent to an activating group) is 1. The number of nitrogens with zero attached hydrogens (tertiary/aromatic N) is 1. The molecule has 0 fully saturated rings. The van der Waals surface area contributed by atoms with Crippen LogP contribution in [0.4, 0.5) is 8.78 Å². The summed E-state index contributed by atoms with van der Waals surface area (Å²) in [4.78, 5) is 24.7. The second-order valence-electron chi connectivity index (χ2n) is 4.44. The van der Waals surface area contributed by atoms with Crippen LogP contribution in [-0.2, 0) is 4.79 Å². The predicted octanol–water partition coefficient (Wildman–Crippen LogP) is 1.50. The zero-order chi connectivity index (χ0) is 16.7. The van der Waals surface area contributed by atoms with Crippen LogP contribution in [0.25, 0.3) is 0 Å². The van der Waals surface area contributed by atoms with Gasteiger partial charge in [0.25, 0.3) is 5.91 Å². The van der Waals surface area contributed by atoms with E-state index in [1.165, 1.54) is 23.1 Å². The molecule has 0 saturated heterocycles. The van der Waals surface area contributed by atoms with Gasteiger partial charge >= 0.3 is 6.61 Å². The number of hydrogen-bond acceptors (Lipinski definition) is 4. The molecule has 8 heteroatoms. The van der Waals surface area contributed by atoms with Gasteiger partial charge in [-0.25, -0.2) is 0 Å². The molecule has 1 aromatic carbocycles. The van der Waals surface area contributed by atoms with Crippen molar-refractivity contribution in [1.29, 1.82) is 0 Å². The molecule has 1 N–H and O–H groups in total. The van der Waals surface area contributed by atoms with Crippen LogP contribution in [0.3, 0.4) is 0 Å². The molecule has 6 nitrogen and oxygen atoms in total. The third-order valence-corrected chi connectivity index (χ3v) is 2.62. The summed E-state index contributed by atoms with van der Waals surface area (Å²) in [7, 11) is 3.14. The Hall–Kier alpha value is -2.38. The minimum atomic E-state index is -2.99. The Labute approximate surface area is 127 Å². The summed E-state index contributed by atoms with van der Waals surface area (Å²) in [5, 5.41) is 2.43. The molecule has 0 spiro atoms. The molecule has 0 aliphatic heterocycles. The first-order chi connectivity index (χ1) is 10.3. The number of benzene rings is 1. The zero-order valence-electron chi connectivity index (χ0n) is 12.6. The van der Waals surface area contributed by atoms with Gasteiger partial charge in [-0.15, -0.1) is 0 Å². The maximum atomic E-state index is 12.3. The minimum Gasteiger partial charge on any atom is -0.490 e.